The third kappa shape index (κ3) is 4.29. The minimum absolute atomic E-state index is 0.199. The normalized spacial score (nSPS) is 12.1. The molecule has 0 saturated heterocycles. The average molecular weight is 270 g/mol. The molecule has 1 atom stereocenters. The monoisotopic (exact) mass is 270 g/mol. The zero-order chi connectivity index (χ0) is 14.3. The van der Waals surface area contributed by atoms with E-state index >= 15 is 0 Å². The summed E-state index contributed by atoms with van der Waals surface area (Å²) in [6, 6.07) is 3.79. The van der Waals surface area contributed by atoms with Gasteiger partial charge in [-0.25, -0.2) is 0 Å². The Morgan fingerprint density at radius 1 is 1.05 bits per heavy atom. The van der Waals surface area contributed by atoms with Gasteiger partial charge in [-0.1, -0.05) is 0 Å². The molecule has 0 amide bonds. The molecular formula is C14H22O5. The molecule has 0 fully saturated rings. The van der Waals surface area contributed by atoms with Gasteiger partial charge in [-0.3, -0.25) is 0 Å². The highest BCUT2D eigenvalue weighted by Crippen LogP contribution is 2.38. The summed E-state index contributed by atoms with van der Waals surface area (Å²) in [5.74, 6) is 1.82. The minimum Gasteiger partial charge on any atom is -0.493 e. The second-order valence-electron chi connectivity index (χ2n) is 4.26. The van der Waals surface area contributed by atoms with E-state index in [4.69, 9.17) is 19.3 Å². The van der Waals surface area contributed by atoms with Crippen LogP contribution in [0.1, 0.15) is 18.4 Å². The number of ether oxygens (including phenoxy) is 3. The number of aliphatic hydroxyl groups excluding tert-OH is 2. The van der Waals surface area contributed by atoms with Crippen LogP contribution in [0.3, 0.4) is 0 Å². The summed E-state index contributed by atoms with van der Waals surface area (Å²) in [6.45, 7) is -0.199. The summed E-state index contributed by atoms with van der Waals surface area (Å²) in [4.78, 5) is 0. The fraction of sp³-hybridized carbons (Fsp3) is 0.571. The maximum Gasteiger partial charge on any atom is 0.203 e. The van der Waals surface area contributed by atoms with Crippen LogP contribution in [0.2, 0.25) is 0 Å². The Bertz CT molecular complexity index is 366. The van der Waals surface area contributed by atoms with Crippen molar-refractivity contribution in [2.75, 3.05) is 27.9 Å². The van der Waals surface area contributed by atoms with Gasteiger partial charge in [-0.15, -0.1) is 0 Å². The number of methoxy groups -OCH3 is 3. The van der Waals surface area contributed by atoms with Crippen molar-refractivity contribution in [3.05, 3.63) is 17.7 Å². The van der Waals surface area contributed by atoms with E-state index in [1.165, 1.54) is 0 Å². The number of aryl methyl sites for hydroxylation is 1. The van der Waals surface area contributed by atoms with Gasteiger partial charge in [0.15, 0.2) is 11.5 Å². The van der Waals surface area contributed by atoms with Crippen molar-refractivity contribution in [2.24, 2.45) is 0 Å². The van der Waals surface area contributed by atoms with E-state index in [0.29, 0.717) is 23.7 Å². The molecule has 108 valence electrons. The Kier molecular flexibility index (Phi) is 6.45. The third-order valence-electron chi connectivity index (χ3n) is 2.94. The molecule has 0 aliphatic carbocycles. The molecule has 0 saturated carbocycles. The van der Waals surface area contributed by atoms with Crippen LogP contribution >= 0.6 is 0 Å². The highest BCUT2D eigenvalue weighted by Gasteiger charge is 2.13. The van der Waals surface area contributed by atoms with Gasteiger partial charge < -0.3 is 24.4 Å². The second kappa shape index (κ2) is 7.86. The molecule has 0 aromatic heterocycles. The van der Waals surface area contributed by atoms with E-state index in [9.17, 15) is 5.11 Å². The zero-order valence-electron chi connectivity index (χ0n) is 11.7. The van der Waals surface area contributed by atoms with Crippen LogP contribution in [0.25, 0.3) is 0 Å². The highest BCUT2D eigenvalue weighted by atomic mass is 16.5. The van der Waals surface area contributed by atoms with Gasteiger partial charge in [-0.05, 0) is 37.0 Å². The molecule has 0 aliphatic heterocycles. The van der Waals surface area contributed by atoms with Crippen LogP contribution in [-0.2, 0) is 6.42 Å². The van der Waals surface area contributed by atoms with Gasteiger partial charge in [0.05, 0.1) is 34.0 Å². The van der Waals surface area contributed by atoms with Crippen LogP contribution < -0.4 is 14.2 Å². The van der Waals surface area contributed by atoms with Crippen molar-refractivity contribution < 1.29 is 24.4 Å². The number of hydrogen-bond acceptors (Lipinski definition) is 5. The summed E-state index contributed by atoms with van der Waals surface area (Å²) in [5, 5.41) is 18.1. The van der Waals surface area contributed by atoms with Gasteiger partial charge in [0.1, 0.15) is 0 Å². The van der Waals surface area contributed by atoms with Crippen molar-refractivity contribution in [1.29, 1.82) is 0 Å². The van der Waals surface area contributed by atoms with E-state index in [2.05, 4.69) is 0 Å². The molecule has 2 N–H and O–H groups in total. The quantitative estimate of drug-likeness (QED) is 0.747. The molecule has 1 aromatic carbocycles. The lowest BCUT2D eigenvalue weighted by Gasteiger charge is -2.14. The van der Waals surface area contributed by atoms with Gasteiger partial charge in [-0.2, -0.15) is 0 Å². The Morgan fingerprint density at radius 3 is 2.05 bits per heavy atom. The fourth-order valence-electron chi connectivity index (χ4n) is 1.91. The second-order valence-corrected chi connectivity index (χ2v) is 4.26. The molecule has 5 heteroatoms. The molecule has 0 bridgehead atoms. The van der Waals surface area contributed by atoms with E-state index < -0.39 is 6.10 Å². The van der Waals surface area contributed by atoms with Crippen molar-refractivity contribution in [1.82, 2.24) is 0 Å². The van der Waals surface area contributed by atoms with Crippen LogP contribution in [-0.4, -0.2) is 44.3 Å². The average Bonchev–Trinajstić information content (AvgIpc) is 2.45. The Balaban J connectivity index is 2.79. The lowest BCUT2D eigenvalue weighted by Crippen LogP contribution is -2.11. The molecule has 1 unspecified atom stereocenters. The molecule has 19 heavy (non-hydrogen) atoms. The highest BCUT2D eigenvalue weighted by molar-refractivity contribution is 5.53. The smallest absolute Gasteiger partial charge is 0.203 e. The Labute approximate surface area is 113 Å². The molecule has 0 aliphatic rings. The van der Waals surface area contributed by atoms with Crippen molar-refractivity contribution >= 4 is 0 Å². The van der Waals surface area contributed by atoms with Gasteiger partial charge >= 0.3 is 0 Å². The van der Waals surface area contributed by atoms with Crippen LogP contribution in [0.4, 0.5) is 0 Å². The summed E-state index contributed by atoms with van der Waals surface area (Å²) >= 11 is 0. The van der Waals surface area contributed by atoms with Crippen molar-refractivity contribution in [3.8, 4) is 17.2 Å². The van der Waals surface area contributed by atoms with Crippen LogP contribution in [0.15, 0.2) is 12.1 Å². The molecule has 5 nitrogen and oxygen atoms in total. The summed E-state index contributed by atoms with van der Waals surface area (Å²) in [6.07, 6.45) is 1.46. The fourth-order valence-corrected chi connectivity index (χ4v) is 1.91. The number of benzene rings is 1. The molecule has 1 rings (SSSR count). The van der Waals surface area contributed by atoms with E-state index in [1.54, 1.807) is 21.3 Å². The predicted molar refractivity (Wildman–Crippen MR) is 72.1 cm³/mol. The van der Waals surface area contributed by atoms with Crippen LogP contribution in [0.5, 0.6) is 17.2 Å². The maximum absolute atomic E-state index is 9.30. The first-order valence-corrected chi connectivity index (χ1v) is 6.24. The largest absolute Gasteiger partial charge is 0.493 e. The molecule has 0 spiro atoms. The van der Waals surface area contributed by atoms with Crippen LogP contribution in [0, 0.1) is 0 Å². The third-order valence-corrected chi connectivity index (χ3v) is 2.94. The topological polar surface area (TPSA) is 68.2 Å². The minimum atomic E-state index is -0.651. The van der Waals surface area contributed by atoms with Gasteiger partial charge in [0.2, 0.25) is 5.75 Å². The summed E-state index contributed by atoms with van der Waals surface area (Å²) in [5.41, 5.74) is 1.04. The van der Waals surface area contributed by atoms with Gasteiger partial charge in [0, 0.05) is 0 Å². The lowest BCUT2D eigenvalue weighted by molar-refractivity contribution is 0.0867. The number of rotatable bonds is 8. The Morgan fingerprint density at radius 2 is 1.63 bits per heavy atom. The molecular weight excluding hydrogens is 248 g/mol. The number of hydrogen-bond donors (Lipinski definition) is 2. The van der Waals surface area contributed by atoms with E-state index in [1.807, 2.05) is 12.1 Å². The van der Waals surface area contributed by atoms with E-state index in [0.717, 1.165) is 18.4 Å². The lowest BCUT2D eigenvalue weighted by atomic mass is 10.0. The standard InChI is InChI=1S/C14H22O5/c1-17-12-7-10(5-4-6-11(16)9-15)8-13(18-2)14(12)19-3/h7-8,11,15-16H,4-6,9H2,1-3H3. The first-order valence-electron chi connectivity index (χ1n) is 6.24. The first-order chi connectivity index (χ1) is 9.15. The molecule has 0 heterocycles. The van der Waals surface area contributed by atoms with Gasteiger partial charge in [0.25, 0.3) is 0 Å². The Hall–Kier alpha value is -1.46. The van der Waals surface area contributed by atoms with E-state index in [-0.39, 0.29) is 6.61 Å². The predicted octanol–water partition coefficient (Wildman–Crippen LogP) is 1.39. The first kappa shape index (κ1) is 15.6. The summed E-state index contributed by atoms with van der Waals surface area (Å²) < 4.78 is 15.8. The number of aliphatic hydroxyl groups is 2. The molecule has 1 aromatic rings. The zero-order valence-corrected chi connectivity index (χ0v) is 11.7. The maximum atomic E-state index is 9.30. The summed E-state index contributed by atoms with van der Waals surface area (Å²) in [7, 11) is 4.73. The SMILES string of the molecule is COc1cc(CCCC(O)CO)cc(OC)c1OC. The molecule has 0 radical (unpaired) electrons. The van der Waals surface area contributed by atoms with Crippen molar-refractivity contribution in [2.45, 2.75) is 25.4 Å². The van der Waals surface area contributed by atoms with Crippen molar-refractivity contribution in [3.63, 3.8) is 0 Å².